The molecule has 0 radical (unpaired) electrons. The number of aliphatic carboxylic acids is 1. The third kappa shape index (κ3) is 6.19. The van der Waals surface area contributed by atoms with Crippen molar-refractivity contribution in [3.05, 3.63) is 65.5 Å². The van der Waals surface area contributed by atoms with Gasteiger partial charge in [-0.25, -0.2) is 9.18 Å². The van der Waals surface area contributed by atoms with E-state index in [1.807, 2.05) is 19.1 Å². The van der Waals surface area contributed by atoms with Crippen molar-refractivity contribution in [1.82, 2.24) is 0 Å². The van der Waals surface area contributed by atoms with Crippen molar-refractivity contribution in [3.63, 3.8) is 0 Å². The number of carbonyl (C=O) groups is 2. The fourth-order valence-corrected chi connectivity index (χ4v) is 2.75. The Morgan fingerprint density at radius 2 is 1.79 bits per heavy atom. The van der Waals surface area contributed by atoms with Gasteiger partial charge in [-0.15, -0.1) is 0 Å². The summed E-state index contributed by atoms with van der Waals surface area (Å²) in [5.41, 5.74) is 1.63. The summed E-state index contributed by atoms with van der Waals surface area (Å²) in [5.74, 6) is -2.23. The first-order valence-electron chi connectivity index (χ1n) is 9.36. The summed E-state index contributed by atoms with van der Waals surface area (Å²) in [7, 11) is 0. The van der Waals surface area contributed by atoms with Gasteiger partial charge in [0.25, 0.3) is 0 Å². The summed E-state index contributed by atoms with van der Waals surface area (Å²) in [5, 5.41) is 9.88. The number of allylic oxidation sites excluding steroid dienone is 4. The zero-order valence-electron chi connectivity index (χ0n) is 17.5. The summed E-state index contributed by atoms with van der Waals surface area (Å²) >= 11 is 0. The van der Waals surface area contributed by atoms with Gasteiger partial charge in [0.1, 0.15) is 5.83 Å². The number of nitrogens with zero attached hydrogens (tertiary/aromatic N) is 1. The number of anilines is 1. The molecule has 0 aliphatic heterocycles. The lowest BCUT2D eigenvalue weighted by atomic mass is 9.87. The van der Waals surface area contributed by atoms with Gasteiger partial charge in [-0.05, 0) is 48.1 Å². The summed E-state index contributed by atoms with van der Waals surface area (Å²) in [4.78, 5) is 25.7. The van der Waals surface area contributed by atoms with E-state index in [0.717, 1.165) is 11.6 Å². The number of halogens is 1. The maximum atomic E-state index is 13.9. The van der Waals surface area contributed by atoms with Crippen molar-refractivity contribution in [3.8, 4) is 0 Å². The number of carbonyl (C=O) groups excluding carboxylic acids is 1. The lowest BCUT2D eigenvalue weighted by molar-refractivity contribution is -0.138. The lowest BCUT2D eigenvalue weighted by Crippen LogP contribution is -2.45. The zero-order chi connectivity index (χ0) is 21.5. The lowest BCUT2D eigenvalue weighted by Gasteiger charge is -2.30. The van der Waals surface area contributed by atoms with Crippen LogP contribution in [0.5, 0.6) is 0 Å². The molecule has 4 nitrogen and oxygen atoms in total. The first-order chi connectivity index (χ1) is 13.0. The van der Waals surface area contributed by atoms with E-state index >= 15 is 0 Å². The molecule has 0 aliphatic carbocycles. The van der Waals surface area contributed by atoms with Crippen molar-refractivity contribution in [2.75, 3.05) is 4.90 Å². The van der Waals surface area contributed by atoms with Crippen LogP contribution in [0.4, 0.5) is 10.1 Å². The number of amides is 1. The van der Waals surface area contributed by atoms with Gasteiger partial charge in [-0.1, -0.05) is 58.1 Å². The molecule has 0 saturated carbocycles. The fourth-order valence-electron chi connectivity index (χ4n) is 2.75. The normalized spacial score (nSPS) is 14.2. The predicted molar refractivity (Wildman–Crippen MR) is 112 cm³/mol. The maximum Gasteiger partial charge on any atom is 0.331 e. The molecule has 28 heavy (non-hydrogen) atoms. The Morgan fingerprint density at radius 1 is 1.21 bits per heavy atom. The van der Waals surface area contributed by atoms with Gasteiger partial charge in [0.05, 0.1) is 0 Å². The second-order valence-corrected chi connectivity index (χ2v) is 7.56. The van der Waals surface area contributed by atoms with Crippen LogP contribution in [0, 0.1) is 0 Å². The second kappa shape index (κ2) is 10.0. The molecule has 0 aromatic heterocycles. The summed E-state index contributed by atoms with van der Waals surface area (Å²) in [6.45, 7) is 10.9. The van der Waals surface area contributed by atoms with Crippen LogP contribution >= 0.6 is 0 Å². The Labute approximate surface area is 167 Å². The number of carboxylic acids is 1. The topological polar surface area (TPSA) is 57.6 Å². The molecule has 0 fully saturated rings. The van der Waals surface area contributed by atoms with Gasteiger partial charge >= 0.3 is 5.97 Å². The predicted octanol–water partition coefficient (Wildman–Crippen LogP) is 5.56. The molecule has 0 spiro atoms. The molecule has 1 rings (SSSR count). The SMILES string of the molecule is C\C=C(F)/C=C(\C=C\CC)C(C(=O)O)N(C(C)=O)c1ccc(C(C)(C)C)cc1. The molecule has 1 aromatic rings. The van der Waals surface area contributed by atoms with Crippen LogP contribution in [-0.2, 0) is 15.0 Å². The van der Waals surface area contributed by atoms with Crippen molar-refractivity contribution >= 4 is 17.6 Å². The molecule has 0 saturated heterocycles. The summed E-state index contributed by atoms with van der Waals surface area (Å²) in [6.07, 6.45) is 6.36. The minimum absolute atomic E-state index is 0.0737. The number of carboxylic acid groups (broad SMARTS) is 1. The fraction of sp³-hybridized carbons (Fsp3) is 0.391. The standard InChI is InChI=1S/C23H30FNO3/c1-7-9-10-17(15-19(24)8-2)21(22(27)28)25(16(3)26)20-13-11-18(12-14-20)23(4,5)6/h8-15,21H,7H2,1-6H3,(H,27,28)/b10-9+,17-15+,19-8+. The quantitative estimate of drug-likeness (QED) is 0.624. The zero-order valence-corrected chi connectivity index (χ0v) is 17.5. The Hall–Kier alpha value is -2.69. The largest absolute Gasteiger partial charge is 0.479 e. The molecule has 152 valence electrons. The molecule has 1 amide bonds. The van der Waals surface area contributed by atoms with Crippen LogP contribution in [0.1, 0.15) is 53.5 Å². The highest BCUT2D eigenvalue weighted by Gasteiger charge is 2.32. The summed E-state index contributed by atoms with van der Waals surface area (Å²) < 4.78 is 13.9. The molecule has 1 N–H and O–H groups in total. The number of hydrogen-bond donors (Lipinski definition) is 1. The van der Waals surface area contributed by atoms with Crippen LogP contribution < -0.4 is 4.90 Å². The molecule has 1 unspecified atom stereocenters. The van der Waals surface area contributed by atoms with E-state index in [4.69, 9.17) is 0 Å². The second-order valence-electron chi connectivity index (χ2n) is 7.56. The minimum Gasteiger partial charge on any atom is -0.479 e. The first-order valence-corrected chi connectivity index (χ1v) is 9.36. The van der Waals surface area contributed by atoms with E-state index in [-0.39, 0.29) is 11.0 Å². The van der Waals surface area contributed by atoms with Crippen LogP contribution in [0.25, 0.3) is 0 Å². The van der Waals surface area contributed by atoms with E-state index < -0.39 is 23.7 Å². The minimum atomic E-state index is -1.34. The summed E-state index contributed by atoms with van der Waals surface area (Å²) in [6, 6.07) is 5.87. The van der Waals surface area contributed by atoms with E-state index in [1.54, 1.807) is 24.3 Å². The monoisotopic (exact) mass is 387 g/mol. The highest BCUT2D eigenvalue weighted by atomic mass is 19.1. The Balaban J connectivity index is 3.55. The van der Waals surface area contributed by atoms with E-state index in [2.05, 4.69) is 20.8 Å². The van der Waals surface area contributed by atoms with E-state index in [1.165, 1.54) is 24.8 Å². The highest BCUT2D eigenvalue weighted by Crippen LogP contribution is 2.28. The van der Waals surface area contributed by atoms with Gasteiger partial charge in [-0.2, -0.15) is 0 Å². The molecule has 5 heteroatoms. The third-order valence-corrected chi connectivity index (χ3v) is 4.28. The Kier molecular flexibility index (Phi) is 8.35. The molecule has 0 aliphatic rings. The Bertz CT molecular complexity index is 783. The van der Waals surface area contributed by atoms with Crippen LogP contribution in [0.3, 0.4) is 0 Å². The van der Waals surface area contributed by atoms with E-state index in [0.29, 0.717) is 12.1 Å². The molecule has 1 atom stereocenters. The molecular weight excluding hydrogens is 357 g/mol. The third-order valence-electron chi connectivity index (χ3n) is 4.28. The number of rotatable bonds is 7. The van der Waals surface area contributed by atoms with Gasteiger partial charge in [-0.3, -0.25) is 9.69 Å². The molecule has 0 heterocycles. The van der Waals surface area contributed by atoms with Gasteiger partial charge in [0.2, 0.25) is 5.91 Å². The smallest absolute Gasteiger partial charge is 0.331 e. The van der Waals surface area contributed by atoms with Gasteiger partial charge in [0, 0.05) is 12.6 Å². The molecular formula is C23H30FNO3. The van der Waals surface area contributed by atoms with Crippen molar-refractivity contribution in [2.24, 2.45) is 0 Å². The van der Waals surface area contributed by atoms with Gasteiger partial charge < -0.3 is 5.11 Å². The first kappa shape index (κ1) is 23.3. The highest BCUT2D eigenvalue weighted by molar-refractivity contribution is 5.99. The van der Waals surface area contributed by atoms with Crippen molar-refractivity contribution in [2.45, 2.75) is 59.4 Å². The molecule has 0 bridgehead atoms. The number of benzene rings is 1. The van der Waals surface area contributed by atoms with Crippen LogP contribution in [0.2, 0.25) is 0 Å². The van der Waals surface area contributed by atoms with Crippen molar-refractivity contribution in [1.29, 1.82) is 0 Å². The maximum absolute atomic E-state index is 13.9. The van der Waals surface area contributed by atoms with Crippen molar-refractivity contribution < 1.29 is 19.1 Å². The Morgan fingerprint density at radius 3 is 2.18 bits per heavy atom. The van der Waals surface area contributed by atoms with Gasteiger partial charge in [0.15, 0.2) is 6.04 Å². The van der Waals surface area contributed by atoms with Crippen LogP contribution in [-0.4, -0.2) is 23.0 Å². The average molecular weight is 387 g/mol. The average Bonchev–Trinajstić information content (AvgIpc) is 2.61. The van der Waals surface area contributed by atoms with E-state index in [9.17, 15) is 19.1 Å². The molecule has 1 aromatic carbocycles. The van der Waals surface area contributed by atoms with Crippen LogP contribution in [0.15, 0.2) is 60.0 Å². The number of hydrogen-bond acceptors (Lipinski definition) is 2.